The number of likely N-dealkylation sites (tertiary alicyclic amines) is 3. The second kappa shape index (κ2) is 42.4. The van der Waals surface area contributed by atoms with Crippen LogP contribution in [0.25, 0.3) is 22.3 Å². The molecule has 4 aromatic carbocycles. The monoisotopic (exact) mass is 1700 g/mol. The number of carboxylic acids is 1. The molecule has 6 aromatic rings. The fourth-order valence-electron chi connectivity index (χ4n) is 17.6. The number of nitrogens with zero attached hydrogens (tertiary/aromatic N) is 11. The van der Waals surface area contributed by atoms with Gasteiger partial charge < -0.3 is 81.1 Å². The summed E-state index contributed by atoms with van der Waals surface area (Å²) < 4.78 is 88.2. The summed E-state index contributed by atoms with van der Waals surface area (Å²) in [6, 6.07) is 29.8. The lowest BCUT2D eigenvalue weighted by Crippen LogP contribution is -2.50. The van der Waals surface area contributed by atoms with Crippen LogP contribution in [0.2, 0.25) is 0 Å². The number of carbonyl (C=O) groups is 5. The van der Waals surface area contributed by atoms with Gasteiger partial charge in [0.1, 0.15) is 5.60 Å². The van der Waals surface area contributed by atoms with E-state index in [1.54, 1.807) is 4.90 Å². The Kier molecular flexibility index (Phi) is 31.9. The van der Waals surface area contributed by atoms with Gasteiger partial charge in [0, 0.05) is 200 Å². The van der Waals surface area contributed by atoms with Crippen LogP contribution >= 0.6 is 0 Å². The number of piperazine rings is 4. The van der Waals surface area contributed by atoms with E-state index in [4.69, 9.17) is 15.6 Å². The number of H-pyrrole nitrogens is 2. The zero-order chi connectivity index (χ0) is 86.8. The number of hydrogen-bond acceptors (Lipinski definition) is 20. The van der Waals surface area contributed by atoms with Crippen molar-refractivity contribution in [2.75, 3.05) is 218 Å². The first-order chi connectivity index (χ1) is 58.4. The van der Waals surface area contributed by atoms with Crippen molar-refractivity contribution in [3.05, 3.63) is 164 Å². The Morgan fingerprint density at radius 3 is 1.31 bits per heavy atom. The van der Waals surface area contributed by atoms with E-state index >= 15 is 0 Å². The number of rotatable bonds is 21. The molecule has 122 heavy (non-hydrogen) atoms. The molecule has 0 bridgehead atoms. The van der Waals surface area contributed by atoms with Gasteiger partial charge in [-0.15, -0.1) is 0 Å². The lowest BCUT2D eigenvalue weighted by Gasteiger charge is -2.41. The fraction of sp³-hybridized carbons (Fsp3) is 0.562. The van der Waals surface area contributed by atoms with Crippen LogP contribution in [0.15, 0.2) is 119 Å². The summed E-state index contributed by atoms with van der Waals surface area (Å²) in [4.78, 5) is 116. The molecule has 0 spiro atoms. The highest BCUT2D eigenvalue weighted by molar-refractivity contribution is 6.08. The van der Waals surface area contributed by atoms with Crippen LogP contribution in [-0.4, -0.2) is 304 Å². The van der Waals surface area contributed by atoms with E-state index in [1.165, 1.54) is 12.8 Å². The number of pyridine rings is 2. The van der Waals surface area contributed by atoms with E-state index in [9.17, 15) is 59.9 Å². The number of nitrogens with one attached hydrogen (secondary N) is 6. The van der Waals surface area contributed by atoms with Gasteiger partial charge in [-0.1, -0.05) is 48.5 Å². The molecule has 27 nitrogen and oxygen atoms in total. The zero-order valence-electron chi connectivity index (χ0n) is 71.0. The summed E-state index contributed by atoms with van der Waals surface area (Å²) >= 11 is 0. The number of hydrogen-bond donors (Lipinski definition) is 8. The lowest BCUT2D eigenvalue weighted by atomic mass is 9.93. The molecule has 0 aliphatic carbocycles. The third-order valence-corrected chi connectivity index (χ3v) is 24.8. The van der Waals surface area contributed by atoms with Crippen LogP contribution < -0.4 is 47.9 Å². The van der Waals surface area contributed by atoms with Crippen LogP contribution in [0.4, 0.5) is 53.9 Å². The molecule has 0 atom stereocenters. The van der Waals surface area contributed by atoms with Crippen molar-refractivity contribution in [2.45, 2.75) is 115 Å². The number of halogens is 6. The number of carboxylic acid groups (broad SMARTS) is 1. The highest BCUT2D eigenvalue weighted by atomic mass is 19.4. The minimum absolute atomic E-state index is 0.115. The van der Waals surface area contributed by atoms with Crippen LogP contribution in [0.5, 0.6) is 0 Å². The Balaban J connectivity index is 0.000000184. The number of carbonyl (C=O) groups excluding carboxylic acids is 4. The molecule has 4 amide bonds. The molecule has 8 saturated heterocycles. The molecular formula is C89H122F6N18O9. The van der Waals surface area contributed by atoms with E-state index in [0.717, 1.165) is 253 Å². The Labute approximate surface area is 710 Å². The third kappa shape index (κ3) is 25.9. The highest BCUT2D eigenvalue weighted by Crippen LogP contribution is 2.39. The van der Waals surface area contributed by atoms with Crippen LogP contribution in [0, 0.1) is 11.8 Å². The predicted molar refractivity (Wildman–Crippen MR) is 462 cm³/mol. The second-order valence-corrected chi connectivity index (χ2v) is 34.6. The zero-order valence-corrected chi connectivity index (χ0v) is 71.0. The molecule has 2 aromatic heterocycles. The average molecular weight is 1700 g/mol. The van der Waals surface area contributed by atoms with Gasteiger partial charge in [-0.05, 0) is 195 Å². The lowest BCUT2D eigenvalue weighted by molar-refractivity contribution is -0.143. The van der Waals surface area contributed by atoms with Crippen LogP contribution in [-0.2, 0) is 39.8 Å². The molecule has 33 heteroatoms. The van der Waals surface area contributed by atoms with Crippen molar-refractivity contribution in [3.63, 3.8) is 0 Å². The Hall–Kier alpha value is -9.29. The molecule has 14 rings (SSSR count). The number of ether oxygens (including phenoxy) is 1. The Morgan fingerprint density at radius 1 is 0.484 bits per heavy atom. The second-order valence-electron chi connectivity index (χ2n) is 34.6. The first kappa shape index (κ1) is 91.9. The van der Waals surface area contributed by atoms with Gasteiger partial charge in [0.15, 0.2) is 0 Å². The van der Waals surface area contributed by atoms with Crippen molar-refractivity contribution >= 4 is 52.5 Å². The maximum atomic E-state index is 13.9. The number of piperidine rings is 4. The maximum Gasteiger partial charge on any atom is 0.417 e. The van der Waals surface area contributed by atoms with Crippen molar-refractivity contribution in [3.8, 4) is 22.3 Å². The number of alkyl halides is 6. The Bertz CT molecular complexity index is 4600. The van der Waals surface area contributed by atoms with Gasteiger partial charge in [-0.2, -0.15) is 26.3 Å². The fourth-order valence-corrected chi connectivity index (χ4v) is 17.6. The molecule has 10 heterocycles. The molecule has 8 fully saturated rings. The van der Waals surface area contributed by atoms with Crippen LogP contribution in [0.3, 0.4) is 0 Å². The summed E-state index contributed by atoms with van der Waals surface area (Å²) in [5.74, 6) is -2.43. The van der Waals surface area contributed by atoms with Crippen LogP contribution in [0.1, 0.15) is 115 Å². The number of nitrogens with two attached hydrogens (primary N) is 1. The first-order valence-electron chi connectivity index (χ1n) is 43.2. The topological polar surface area (TPSA) is 290 Å². The summed E-state index contributed by atoms with van der Waals surface area (Å²) in [6.07, 6.45) is -0.669. The maximum absolute atomic E-state index is 13.9. The number of aromatic amines is 2. The first-order valence-corrected chi connectivity index (χ1v) is 43.2. The van der Waals surface area contributed by atoms with Gasteiger partial charge in [0.2, 0.25) is 17.0 Å². The van der Waals surface area contributed by atoms with E-state index in [1.807, 2.05) is 95.5 Å². The number of aliphatic carboxylic acids is 1. The number of aromatic nitrogens is 2. The van der Waals surface area contributed by atoms with E-state index in [0.29, 0.717) is 74.9 Å². The summed E-state index contributed by atoms with van der Waals surface area (Å²) in [5.41, 5.74) is 7.62. The number of amides is 4. The number of benzene rings is 4. The summed E-state index contributed by atoms with van der Waals surface area (Å²) in [7, 11) is 4.07. The SMILES string of the molecule is CC(C)(C)OC(=O)N1CCC(N2CCC(C(=O)O)CC2)CC1.CN1CCN(c2ccc(-c3cccc(CN4CCN(CCN)CC4)c3)cc2NC(=O)c2c[nH]c(=O)cc2C(F)(F)F)CC1.CN1CCN(c2ccc(-c3cccc(CN4CCN(CCNC(=O)C5CCN(C6CCNCC6)CC5)CC4)c3)cc2NC(=O)c2c[nH]c(=O)cc2C(F)(F)F)CC1. The van der Waals surface area contributed by atoms with Gasteiger partial charge in [0.05, 0.1) is 50.9 Å². The molecule has 8 aliphatic rings. The minimum atomic E-state index is -4.88. The molecule has 8 aliphatic heterocycles. The molecule has 664 valence electrons. The molecule has 0 radical (unpaired) electrons. The van der Waals surface area contributed by atoms with Gasteiger partial charge in [0.25, 0.3) is 11.8 Å². The normalized spacial score (nSPS) is 19.6. The average Bonchev–Trinajstić information content (AvgIpc) is 0.793. The molecule has 0 unspecified atom stereocenters. The molecule has 9 N–H and O–H groups in total. The predicted octanol–water partition coefficient (Wildman–Crippen LogP) is 9.09. The van der Waals surface area contributed by atoms with Gasteiger partial charge in [-0.25, -0.2) is 4.79 Å². The van der Waals surface area contributed by atoms with E-state index < -0.39 is 69.1 Å². The standard InChI is InChI=1S/C42H56F3N9O3.C31H38F3N7O2.C16H28N2O4/c1-50-17-23-54(24-18-50)38-6-5-33(26-37(38)49-41(57)35-28-48-39(55)27-36(35)42(43,44)45)32-4-2-3-30(25-32)29-52-21-19-51(20-22-52)16-13-47-40(56)31-9-14-53(15-10-31)34-7-11-46-12-8-34;1-38-9-15-41(16-10-38)28-6-5-24(18-27(28)37-30(43)25-20-36-29(42)19-26(25)31(32,33)34)23-4-2-3-22(17-23)21-40-13-11-39(8-7-35)12-14-40;1-16(2,3)22-15(21)18-10-6-13(7-11-18)17-8-4-12(5-9-17)14(19)20/h2-6,25-28,31,34,46H,7-24,29H2,1H3,(H,47,56)(H,48,55)(H,49,57);2-6,17-20H,7-16,21,35H2,1H3,(H,36,42)(H,37,43);12-13H,4-11H2,1-3H3,(H,19,20). The van der Waals surface area contributed by atoms with E-state index in [2.05, 4.69) is 104 Å². The Morgan fingerprint density at radius 2 is 0.893 bits per heavy atom. The molecular weight excluding hydrogens is 1580 g/mol. The van der Waals surface area contributed by atoms with Crippen molar-refractivity contribution < 1.29 is 60.2 Å². The highest BCUT2D eigenvalue weighted by Gasteiger charge is 2.40. The summed E-state index contributed by atoms with van der Waals surface area (Å²) in [6.45, 7) is 31.3. The van der Waals surface area contributed by atoms with Gasteiger partial charge >= 0.3 is 24.4 Å². The number of likely N-dealkylation sites (N-methyl/N-ethyl adjacent to an activating group) is 2. The number of anilines is 4. The largest absolute Gasteiger partial charge is 0.481 e. The van der Waals surface area contributed by atoms with Crippen molar-refractivity contribution in [1.82, 2.24) is 64.7 Å². The van der Waals surface area contributed by atoms with Gasteiger partial charge in [-0.3, -0.25) is 48.4 Å². The third-order valence-electron chi connectivity index (χ3n) is 24.8. The smallest absolute Gasteiger partial charge is 0.417 e. The minimum Gasteiger partial charge on any atom is -0.481 e. The van der Waals surface area contributed by atoms with Crippen molar-refractivity contribution in [2.24, 2.45) is 17.6 Å². The summed E-state index contributed by atoms with van der Waals surface area (Å²) in [5, 5.41) is 21.2. The molecule has 0 saturated carbocycles. The van der Waals surface area contributed by atoms with Crippen molar-refractivity contribution in [1.29, 1.82) is 0 Å². The van der Waals surface area contributed by atoms with E-state index in [-0.39, 0.29) is 23.8 Å². The quantitative estimate of drug-likeness (QED) is 0.0312.